The summed E-state index contributed by atoms with van der Waals surface area (Å²) in [6, 6.07) is 5.86. The lowest BCUT2D eigenvalue weighted by Crippen LogP contribution is -2.45. The predicted molar refractivity (Wildman–Crippen MR) is 102 cm³/mol. The van der Waals surface area contributed by atoms with Crippen LogP contribution >= 0.6 is 0 Å². The predicted octanol–water partition coefficient (Wildman–Crippen LogP) is 2.78. The highest BCUT2D eigenvalue weighted by Crippen LogP contribution is 2.46. The Bertz CT molecular complexity index is 1220. The van der Waals surface area contributed by atoms with Gasteiger partial charge < -0.3 is 9.63 Å². The quantitative estimate of drug-likeness (QED) is 0.557. The topological polar surface area (TPSA) is 118 Å². The maximum Gasteiger partial charge on any atom is 0.162 e. The second-order valence-electron chi connectivity index (χ2n) is 7.72. The summed E-state index contributed by atoms with van der Waals surface area (Å²) >= 11 is 0. The molecule has 5 rings (SSSR count). The first-order chi connectivity index (χ1) is 14.1. The lowest BCUT2D eigenvalue weighted by molar-refractivity contribution is 0.0682. The molecule has 0 unspecified atom stereocenters. The van der Waals surface area contributed by atoms with Gasteiger partial charge in [0.1, 0.15) is 18.0 Å². The third-order valence-electron chi connectivity index (χ3n) is 5.57. The van der Waals surface area contributed by atoms with Crippen LogP contribution in [0.3, 0.4) is 0 Å². The molecule has 1 saturated carbocycles. The van der Waals surface area contributed by atoms with Crippen LogP contribution in [-0.2, 0) is 12.1 Å². The molecule has 9 nitrogen and oxygen atoms in total. The first-order valence-electron chi connectivity index (χ1n) is 9.45. The molecular formula is C20H19N7O2. The van der Waals surface area contributed by atoms with Crippen LogP contribution < -0.4 is 0 Å². The van der Waals surface area contributed by atoms with Crippen molar-refractivity contribution >= 4 is 5.52 Å². The van der Waals surface area contributed by atoms with Gasteiger partial charge in [-0.25, -0.2) is 9.50 Å². The van der Waals surface area contributed by atoms with Gasteiger partial charge in [-0.05, 0) is 24.8 Å². The van der Waals surface area contributed by atoms with Crippen molar-refractivity contribution < 1.29 is 9.63 Å². The van der Waals surface area contributed by atoms with Crippen LogP contribution in [0.5, 0.6) is 0 Å². The highest BCUT2D eigenvalue weighted by atomic mass is 16.5. The van der Waals surface area contributed by atoms with Gasteiger partial charge in [0.25, 0.3) is 0 Å². The molecule has 1 aliphatic carbocycles. The molecule has 1 aliphatic rings. The molecule has 0 radical (unpaired) electrons. The summed E-state index contributed by atoms with van der Waals surface area (Å²) < 4.78 is 8.76. The van der Waals surface area contributed by atoms with Crippen LogP contribution in [0.4, 0.5) is 0 Å². The number of hydrogen-bond donors (Lipinski definition) is 1. The Morgan fingerprint density at radius 3 is 2.90 bits per heavy atom. The highest BCUT2D eigenvalue weighted by Gasteiger charge is 2.44. The van der Waals surface area contributed by atoms with Crippen molar-refractivity contribution in [2.45, 2.75) is 38.3 Å². The summed E-state index contributed by atoms with van der Waals surface area (Å²) in [4.78, 5) is 4.78. The summed E-state index contributed by atoms with van der Waals surface area (Å²) in [5, 5.41) is 31.4. The minimum absolute atomic E-state index is 0.226. The SMILES string of the molecule is C[C@H]1C[C@@](CC#N)(n2cc(-c3nc(-c4cc(CO)on4)cn4nccc34)cn2)C1. The van der Waals surface area contributed by atoms with Crippen molar-refractivity contribution in [3.8, 4) is 28.7 Å². The average molecular weight is 389 g/mol. The number of hydrogen-bond acceptors (Lipinski definition) is 7. The van der Waals surface area contributed by atoms with E-state index in [1.165, 1.54) is 0 Å². The molecule has 1 fully saturated rings. The van der Waals surface area contributed by atoms with Gasteiger partial charge in [-0.1, -0.05) is 12.1 Å². The van der Waals surface area contributed by atoms with Gasteiger partial charge in [0.2, 0.25) is 0 Å². The number of aliphatic hydroxyl groups excluding tert-OH is 1. The average Bonchev–Trinajstić information content (AvgIpc) is 3.45. The number of rotatable bonds is 5. The van der Waals surface area contributed by atoms with Crippen LogP contribution in [0.2, 0.25) is 0 Å². The van der Waals surface area contributed by atoms with E-state index in [2.05, 4.69) is 28.3 Å². The molecule has 0 bridgehead atoms. The first-order valence-corrected chi connectivity index (χ1v) is 9.45. The summed E-state index contributed by atoms with van der Waals surface area (Å²) in [5.41, 5.74) is 3.28. The van der Waals surface area contributed by atoms with Gasteiger partial charge in [0.15, 0.2) is 5.76 Å². The zero-order valence-corrected chi connectivity index (χ0v) is 15.9. The third kappa shape index (κ3) is 2.80. The van der Waals surface area contributed by atoms with Gasteiger partial charge in [0, 0.05) is 17.8 Å². The lowest BCUT2D eigenvalue weighted by Gasteiger charge is -2.45. The molecule has 29 heavy (non-hydrogen) atoms. The summed E-state index contributed by atoms with van der Waals surface area (Å²) in [6.45, 7) is 1.97. The van der Waals surface area contributed by atoms with E-state index >= 15 is 0 Å². The molecule has 4 aromatic rings. The number of aliphatic hydroxyl groups is 1. The molecule has 0 amide bonds. The lowest BCUT2D eigenvalue weighted by atomic mass is 9.67. The number of fused-ring (bicyclic) bond motifs is 1. The summed E-state index contributed by atoms with van der Waals surface area (Å²) in [6.07, 6.45) is 9.55. The van der Waals surface area contributed by atoms with Crippen LogP contribution in [-0.4, -0.2) is 34.6 Å². The minimum atomic E-state index is -0.233. The fraction of sp³-hybridized carbons (Fsp3) is 0.350. The van der Waals surface area contributed by atoms with Crippen molar-refractivity contribution in [2.75, 3.05) is 0 Å². The van der Waals surface area contributed by atoms with E-state index in [0.717, 1.165) is 29.6 Å². The van der Waals surface area contributed by atoms with E-state index in [1.54, 1.807) is 29.2 Å². The molecule has 9 heteroatoms. The molecule has 1 N–H and O–H groups in total. The number of aromatic nitrogens is 6. The van der Waals surface area contributed by atoms with Crippen LogP contribution in [0.25, 0.3) is 28.2 Å². The monoisotopic (exact) mass is 389 g/mol. The van der Waals surface area contributed by atoms with Gasteiger partial charge >= 0.3 is 0 Å². The Morgan fingerprint density at radius 2 is 2.17 bits per heavy atom. The molecule has 4 heterocycles. The fourth-order valence-electron chi connectivity index (χ4n) is 4.27. The Balaban J connectivity index is 1.59. The smallest absolute Gasteiger partial charge is 0.162 e. The molecule has 0 atom stereocenters. The van der Waals surface area contributed by atoms with Crippen molar-refractivity contribution in [1.82, 2.24) is 29.5 Å². The van der Waals surface area contributed by atoms with Crippen LogP contribution in [0.1, 0.15) is 31.9 Å². The van der Waals surface area contributed by atoms with Crippen molar-refractivity contribution in [2.24, 2.45) is 5.92 Å². The zero-order chi connectivity index (χ0) is 20.0. The Kier molecular flexibility index (Phi) is 3.96. The van der Waals surface area contributed by atoms with Gasteiger partial charge in [0.05, 0.1) is 47.8 Å². The molecule has 0 saturated heterocycles. The summed E-state index contributed by atoms with van der Waals surface area (Å²) in [5.74, 6) is 0.959. The number of nitrogens with zero attached hydrogens (tertiary/aromatic N) is 7. The molecular weight excluding hydrogens is 370 g/mol. The van der Waals surface area contributed by atoms with Crippen molar-refractivity contribution in [3.05, 3.63) is 42.7 Å². The Hall–Kier alpha value is -3.51. The molecule has 4 aromatic heterocycles. The van der Waals surface area contributed by atoms with E-state index in [4.69, 9.17) is 9.51 Å². The summed E-state index contributed by atoms with van der Waals surface area (Å²) in [7, 11) is 0. The maximum absolute atomic E-state index is 9.29. The largest absolute Gasteiger partial charge is 0.388 e. The Morgan fingerprint density at radius 1 is 1.31 bits per heavy atom. The van der Waals surface area contributed by atoms with Crippen LogP contribution in [0, 0.1) is 17.2 Å². The van der Waals surface area contributed by atoms with E-state index in [1.807, 2.05) is 16.9 Å². The van der Waals surface area contributed by atoms with Gasteiger partial charge in [-0.2, -0.15) is 15.5 Å². The van der Waals surface area contributed by atoms with Crippen molar-refractivity contribution in [3.63, 3.8) is 0 Å². The van der Waals surface area contributed by atoms with Gasteiger partial charge in [-0.15, -0.1) is 0 Å². The van der Waals surface area contributed by atoms with E-state index in [-0.39, 0.29) is 12.1 Å². The second-order valence-corrected chi connectivity index (χ2v) is 7.72. The van der Waals surface area contributed by atoms with Gasteiger partial charge in [-0.3, -0.25) is 4.68 Å². The maximum atomic E-state index is 9.29. The second kappa shape index (κ2) is 6.53. The van der Waals surface area contributed by atoms with E-state index in [0.29, 0.717) is 29.5 Å². The van der Waals surface area contributed by atoms with E-state index < -0.39 is 0 Å². The normalized spacial score (nSPS) is 21.2. The minimum Gasteiger partial charge on any atom is -0.388 e. The third-order valence-corrected chi connectivity index (χ3v) is 5.57. The Labute approximate surface area is 166 Å². The molecule has 0 aliphatic heterocycles. The van der Waals surface area contributed by atoms with E-state index in [9.17, 15) is 10.4 Å². The molecule has 0 aromatic carbocycles. The number of nitriles is 1. The standard InChI is InChI=1S/C20H19N7O2/c1-13-7-20(8-13,3-4-21)27-10-14(9-23-27)19-18-2-5-22-26(18)11-17(24-19)16-6-15(12-28)29-25-16/h2,5-6,9-11,13,28H,3,7-8,12H2,1H3/t13-,20+. The highest BCUT2D eigenvalue weighted by molar-refractivity contribution is 5.77. The fourth-order valence-corrected chi connectivity index (χ4v) is 4.27. The molecule has 146 valence electrons. The zero-order valence-electron chi connectivity index (χ0n) is 15.9. The van der Waals surface area contributed by atoms with Crippen LogP contribution in [0.15, 0.2) is 41.4 Å². The molecule has 0 spiro atoms. The first kappa shape index (κ1) is 17.6. The van der Waals surface area contributed by atoms with Crippen molar-refractivity contribution in [1.29, 1.82) is 5.26 Å².